The van der Waals surface area contributed by atoms with Gasteiger partial charge in [-0.1, -0.05) is 6.08 Å². The van der Waals surface area contributed by atoms with E-state index in [1.165, 1.54) is 10.8 Å². The van der Waals surface area contributed by atoms with Gasteiger partial charge in [0.1, 0.15) is 5.82 Å². The predicted octanol–water partition coefficient (Wildman–Crippen LogP) is 3.94. The third-order valence-electron chi connectivity index (χ3n) is 2.76. The fraction of sp³-hybridized carbons (Fsp3) is 0.214. The Bertz CT molecular complexity index is 659. The summed E-state index contributed by atoms with van der Waals surface area (Å²) in [7, 11) is 0. The number of aromatic nitrogens is 2. The molecule has 3 nitrogen and oxygen atoms in total. The highest BCUT2D eigenvalue weighted by molar-refractivity contribution is 5.46. The second-order valence-electron chi connectivity index (χ2n) is 4.41. The van der Waals surface area contributed by atoms with Crippen molar-refractivity contribution in [2.75, 3.05) is 11.9 Å². The molecule has 0 aliphatic rings. The summed E-state index contributed by atoms with van der Waals surface area (Å²) in [4.78, 5) is 4.11. The van der Waals surface area contributed by atoms with Gasteiger partial charge in [0.15, 0.2) is 0 Å². The van der Waals surface area contributed by atoms with Crippen molar-refractivity contribution in [1.29, 1.82) is 0 Å². The van der Waals surface area contributed by atoms with Crippen LogP contribution >= 0.6 is 0 Å². The van der Waals surface area contributed by atoms with E-state index in [-0.39, 0.29) is 11.6 Å². The van der Waals surface area contributed by atoms with Crippen LogP contribution in [0.15, 0.2) is 37.1 Å². The van der Waals surface area contributed by atoms with Gasteiger partial charge in [-0.25, -0.2) is 9.37 Å². The number of nitrogens with one attached hydrogen (secondary N) is 1. The molecular weight excluding hydrogens is 286 g/mol. The zero-order valence-electron chi connectivity index (χ0n) is 11.2. The highest BCUT2D eigenvalue weighted by Crippen LogP contribution is 2.32. The Labute approximate surface area is 118 Å². The van der Waals surface area contributed by atoms with Crippen LogP contribution in [0.4, 0.5) is 23.5 Å². The number of aryl methyl sites for hydroxylation is 1. The maximum atomic E-state index is 13.9. The highest BCUT2D eigenvalue weighted by Gasteiger charge is 2.31. The van der Waals surface area contributed by atoms with E-state index < -0.39 is 17.6 Å². The van der Waals surface area contributed by atoms with Crippen LogP contribution in [0, 0.1) is 12.7 Å². The second kappa shape index (κ2) is 5.59. The molecule has 1 aromatic carbocycles. The summed E-state index contributed by atoms with van der Waals surface area (Å²) < 4.78 is 53.4. The molecule has 0 bridgehead atoms. The molecule has 1 N–H and O–H groups in total. The number of alkyl halides is 3. The van der Waals surface area contributed by atoms with Gasteiger partial charge in [0.2, 0.25) is 5.95 Å². The molecule has 2 aromatic rings. The molecule has 1 heterocycles. The Kier molecular flexibility index (Phi) is 4.02. The fourth-order valence-electron chi connectivity index (χ4n) is 1.84. The van der Waals surface area contributed by atoms with Crippen LogP contribution in [-0.4, -0.2) is 16.1 Å². The van der Waals surface area contributed by atoms with Gasteiger partial charge in [0, 0.05) is 12.7 Å². The fourth-order valence-corrected chi connectivity index (χ4v) is 1.84. The van der Waals surface area contributed by atoms with Gasteiger partial charge in [0.05, 0.1) is 16.9 Å². The van der Waals surface area contributed by atoms with Crippen molar-refractivity contribution in [3.63, 3.8) is 0 Å². The van der Waals surface area contributed by atoms with E-state index in [1.807, 2.05) is 0 Å². The average molecular weight is 299 g/mol. The predicted molar refractivity (Wildman–Crippen MR) is 71.9 cm³/mol. The van der Waals surface area contributed by atoms with E-state index in [0.717, 1.165) is 12.1 Å². The van der Waals surface area contributed by atoms with Crippen LogP contribution < -0.4 is 5.32 Å². The van der Waals surface area contributed by atoms with Crippen LogP contribution in [0.2, 0.25) is 0 Å². The van der Waals surface area contributed by atoms with E-state index in [0.29, 0.717) is 18.3 Å². The molecule has 0 aliphatic heterocycles. The second-order valence-corrected chi connectivity index (χ2v) is 4.41. The smallest absolute Gasteiger partial charge is 0.352 e. The van der Waals surface area contributed by atoms with Crippen molar-refractivity contribution in [3.8, 4) is 5.69 Å². The van der Waals surface area contributed by atoms with Crippen molar-refractivity contribution in [2.45, 2.75) is 13.1 Å². The van der Waals surface area contributed by atoms with Gasteiger partial charge in [-0.3, -0.25) is 4.57 Å². The molecule has 0 radical (unpaired) electrons. The average Bonchev–Trinajstić information content (AvgIpc) is 2.76. The number of benzene rings is 1. The van der Waals surface area contributed by atoms with Gasteiger partial charge in [-0.05, 0) is 25.1 Å². The monoisotopic (exact) mass is 299 g/mol. The summed E-state index contributed by atoms with van der Waals surface area (Å²) in [6.45, 7) is 5.55. The zero-order chi connectivity index (χ0) is 15.6. The Morgan fingerprint density at radius 2 is 2.10 bits per heavy atom. The SMILES string of the molecule is C=CCNc1nc(C)cn1-c1cc(C(F)(F)F)ccc1F. The zero-order valence-corrected chi connectivity index (χ0v) is 11.2. The first kappa shape index (κ1) is 15.1. The van der Waals surface area contributed by atoms with E-state index in [9.17, 15) is 17.6 Å². The molecule has 0 unspecified atom stereocenters. The first-order chi connectivity index (χ1) is 9.82. The van der Waals surface area contributed by atoms with E-state index in [1.54, 1.807) is 13.0 Å². The quantitative estimate of drug-likeness (QED) is 0.684. The molecule has 0 atom stereocenters. The molecule has 1 aromatic heterocycles. The van der Waals surface area contributed by atoms with Crippen LogP contribution in [0.25, 0.3) is 5.69 Å². The summed E-state index contributed by atoms with van der Waals surface area (Å²) in [6.07, 6.45) is -1.51. The maximum absolute atomic E-state index is 13.9. The van der Waals surface area contributed by atoms with Crippen molar-refractivity contribution in [2.24, 2.45) is 0 Å². The molecule has 7 heteroatoms. The minimum atomic E-state index is -4.53. The van der Waals surface area contributed by atoms with E-state index in [2.05, 4.69) is 16.9 Å². The third kappa shape index (κ3) is 3.24. The highest BCUT2D eigenvalue weighted by atomic mass is 19.4. The summed E-state index contributed by atoms with van der Waals surface area (Å²) in [5, 5.41) is 2.85. The number of imidazole rings is 1. The summed E-state index contributed by atoms with van der Waals surface area (Å²) >= 11 is 0. The van der Waals surface area contributed by atoms with Crippen LogP contribution in [0.3, 0.4) is 0 Å². The molecule has 0 saturated heterocycles. The first-order valence-electron chi connectivity index (χ1n) is 6.11. The lowest BCUT2D eigenvalue weighted by Crippen LogP contribution is -2.10. The molecule has 0 saturated carbocycles. The van der Waals surface area contributed by atoms with Gasteiger partial charge in [-0.15, -0.1) is 6.58 Å². The van der Waals surface area contributed by atoms with Gasteiger partial charge < -0.3 is 5.32 Å². The summed E-state index contributed by atoms with van der Waals surface area (Å²) in [6, 6.07) is 2.26. The van der Waals surface area contributed by atoms with Crippen LogP contribution in [0.5, 0.6) is 0 Å². The molecule has 0 aliphatic carbocycles. The Hall–Kier alpha value is -2.31. The van der Waals surface area contributed by atoms with Crippen molar-refractivity contribution >= 4 is 5.95 Å². The van der Waals surface area contributed by atoms with Crippen LogP contribution in [-0.2, 0) is 6.18 Å². The van der Waals surface area contributed by atoms with E-state index in [4.69, 9.17) is 0 Å². The minimum Gasteiger partial charge on any atom is -0.352 e. The number of hydrogen-bond donors (Lipinski definition) is 1. The molecule has 21 heavy (non-hydrogen) atoms. The standard InChI is InChI=1S/C14H13F4N3/c1-3-6-19-13-20-9(2)8-21(13)12-7-10(14(16,17)18)4-5-11(12)15/h3-5,7-8H,1,6H2,2H3,(H,19,20). The summed E-state index contributed by atoms with van der Waals surface area (Å²) in [5.41, 5.74) is -0.574. The number of rotatable bonds is 4. The number of hydrogen-bond acceptors (Lipinski definition) is 2. The largest absolute Gasteiger partial charge is 0.416 e. The van der Waals surface area contributed by atoms with Crippen LogP contribution in [0.1, 0.15) is 11.3 Å². The Balaban J connectivity index is 2.53. The van der Waals surface area contributed by atoms with Gasteiger partial charge >= 0.3 is 6.18 Å². The van der Waals surface area contributed by atoms with E-state index >= 15 is 0 Å². The lowest BCUT2D eigenvalue weighted by atomic mass is 10.2. The Morgan fingerprint density at radius 3 is 2.71 bits per heavy atom. The lowest BCUT2D eigenvalue weighted by Gasteiger charge is -2.12. The molecule has 0 amide bonds. The van der Waals surface area contributed by atoms with Crippen molar-refractivity contribution in [3.05, 3.63) is 54.1 Å². The minimum absolute atomic E-state index is 0.211. The number of anilines is 1. The molecule has 112 valence electrons. The molecule has 0 spiro atoms. The molecular formula is C14H13F4N3. The number of nitrogens with zero attached hydrogens (tertiary/aromatic N) is 2. The Morgan fingerprint density at radius 1 is 1.38 bits per heavy atom. The molecule has 2 rings (SSSR count). The summed E-state index contributed by atoms with van der Waals surface area (Å²) in [5.74, 6) is -0.507. The van der Waals surface area contributed by atoms with Crippen molar-refractivity contribution in [1.82, 2.24) is 9.55 Å². The number of halogens is 4. The van der Waals surface area contributed by atoms with Gasteiger partial charge in [-0.2, -0.15) is 13.2 Å². The molecule has 0 fully saturated rings. The topological polar surface area (TPSA) is 29.9 Å². The van der Waals surface area contributed by atoms with Gasteiger partial charge in [0.25, 0.3) is 0 Å². The maximum Gasteiger partial charge on any atom is 0.416 e. The normalized spacial score (nSPS) is 11.5. The first-order valence-corrected chi connectivity index (χ1v) is 6.11. The van der Waals surface area contributed by atoms with Crippen molar-refractivity contribution < 1.29 is 17.6 Å². The lowest BCUT2D eigenvalue weighted by molar-refractivity contribution is -0.137. The third-order valence-corrected chi connectivity index (χ3v) is 2.76.